The number of carbonyl (C=O) groups is 1. The van der Waals surface area contributed by atoms with Crippen LogP contribution in [0, 0.1) is 6.92 Å². The first-order valence-corrected chi connectivity index (χ1v) is 8.43. The summed E-state index contributed by atoms with van der Waals surface area (Å²) in [5, 5.41) is 13.7. The van der Waals surface area contributed by atoms with Crippen molar-refractivity contribution in [1.29, 1.82) is 0 Å². The molecule has 2 heterocycles. The van der Waals surface area contributed by atoms with Gasteiger partial charge < -0.3 is 5.11 Å². The van der Waals surface area contributed by atoms with Crippen molar-refractivity contribution < 1.29 is 9.90 Å². The number of pyridine rings is 1. The van der Waals surface area contributed by atoms with E-state index in [1.807, 2.05) is 30.8 Å². The van der Waals surface area contributed by atoms with Crippen LogP contribution in [0.25, 0.3) is 0 Å². The largest absolute Gasteiger partial charge is 0.476 e. The number of aryl methyl sites for hydroxylation is 2. The summed E-state index contributed by atoms with van der Waals surface area (Å²) in [6.45, 7) is 5.55. The molecular formula is C18H24N4O2. The molecule has 3 rings (SSSR count). The molecular weight excluding hydrogens is 304 g/mol. The SMILES string of the molecule is CCn1nc(C(=O)O)c2c1CCC(N(C)Cc1ccnc(C)c1)C2. The number of hydrogen-bond acceptors (Lipinski definition) is 4. The minimum absolute atomic E-state index is 0.227. The van der Waals surface area contributed by atoms with Gasteiger partial charge in [-0.1, -0.05) is 0 Å². The van der Waals surface area contributed by atoms with Crippen molar-refractivity contribution in [2.45, 2.75) is 52.2 Å². The number of hydrogen-bond donors (Lipinski definition) is 1. The van der Waals surface area contributed by atoms with Crippen molar-refractivity contribution in [1.82, 2.24) is 19.7 Å². The molecule has 1 unspecified atom stereocenters. The van der Waals surface area contributed by atoms with Gasteiger partial charge in [0.2, 0.25) is 0 Å². The Balaban J connectivity index is 1.79. The molecule has 1 aliphatic carbocycles. The van der Waals surface area contributed by atoms with Crippen LogP contribution in [0.15, 0.2) is 18.3 Å². The highest BCUT2D eigenvalue weighted by atomic mass is 16.4. The van der Waals surface area contributed by atoms with Crippen LogP contribution < -0.4 is 0 Å². The smallest absolute Gasteiger partial charge is 0.356 e. The highest BCUT2D eigenvalue weighted by molar-refractivity contribution is 5.87. The van der Waals surface area contributed by atoms with E-state index in [1.54, 1.807) is 0 Å². The van der Waals surface area contributed by atoms with Crippen LogP contribution in [0.4, 0.5) is 0 Å². The van der Waals surface area contributed by atoms with Gasteiger partial charge in [0.05, 0.1) is 0 Å². The summed E-state index contributed by atoms with van der Waals surface area (Å²) in [7, 11) is 2.11. The molecule has 1 atom stereocenters. The van der Waals surface area contributed by atoms with Gasteiger partial charge in [-0.05, 0) is 57.9 Å². The third kappa shape index (κ3) is 3.19. The van der Waals surface area contributed by atoms with Gasteiger partial charge in [0.25, 0.3) is 0 Å². The molecule has 0 saturated heterocycles. The van der Waals surface area contributed by atoms with Gasteiger partial charge in [0, 0.05) is 42.3 Å². The fourth-order valence-corrected chi connectivity index (χ4v) is 3.60. The quantitative estimate of drug-likeness (QED) is 0.912. The molecule has 0 fully saturated rings. The van der Waals surface area contributed by atoms with Gasteiger partial charge in [0.1, 0.15) is 0 Å². The normalized spacial score (nSPS) is 17.1. The fourth-order valence-electron chi connectivity index (χ4n) is 3.60. The molecule has 0 amide bonds. The van der Waals surface area contributed by atoms with Crippen LogP contribution in [0.3, 0.4) is 0 Å². The molecule has 0 aliphatic heterocycles. The predicted octanol–water partition coefficient (Wildman–Crippen LogP) is 2.29. The van der Waals surface area contributed by atoms with E-state index >= 15 is 0 Å². The Bertz CT molecular complexity index is 753. The average molecular weight is 328 g/mol. The first kappa shape index (κ1) is 16.6. The summed E-state index contributed by atoms with van der Waals surface area (Å²) >= 11 is 0. The molecule has 1 aliphatic rings. The number of rotatable bonds is 5. The number of carboxylic acids is 1. The summed E-state index contributed by atoms with van der Waals surface area (Å²) in [6, 6.07) is 4.47. The maximum atomic E-state index is 11.5. The predicted molar refractivity (Wildman–Crippen MR) is 91.1 cm³/mol. The van der Waals surface area contributed by atoms with E-state index in [0.717, 1.165) is 42.8 Å². The zero-order valence-electron chi connectivity index (χ0n) is 14.5. The fraction of sp³-hybridized carbons (Fsp3) is 0.500. The summed E-state index contributed by atoms with van der Waals surface area (Å²) in [6.07, 6.45) is 4.50. The molecule has 6 heteroatoms. The van der Waals surface area contributed by atoms with Crippen LogP contribution >= 0.6 is 0 Å². The maximum Gasteiger partial charge on any atom is 0.356 e. The lowest BCUT2D eigenvalue weighted by molar-refractivity contribution is 0.0687. The average Bonchev–Trinajstić information content (AvgIpc) is 2.93. The van der Waals surface area contributed by atoms with Crippen LogP contribution in [-0.2, 0) is 25.9 Å². The second kappa shape index (κ2) is 6.73. The summed E-state index contributed by atoms with van der Waals surface area (Å²) in [5.41, 5.74) is 4.49. The van der Waals surface area contributed by atoms with Gasteiger partial charge in [-0.15, -0.1) is 0 Å². The molecule has 0 bridgehead atoms. The summed E-state index contributed by atoms with van der Waals surface area (Å²) in [4.78, 5) is 18.1. The molecule has 2 aromatic heterocycles. The monoisotopic (exact) mass is 328 g/mol. The Labute approximate surface area is 142 Å². The van der Waals surface area contributed by atoms with Gasteiger partial charge in [-0.2, -0.15) is 5.10 Å². The van der Waals surface area contributed by atoms with E-state index in [1.165, 1.54) is 5.56 Å². The lowest BCUT2D eigenvalue weighted by atomic mass is 9.90. The van der Waals surface area contributed by atoms with Gasteiger partial charge in [-0.3, -0.25) is 14.6 Å². The van der Waals surface area contributed by atoms with Crippen molar-refractivity contribution in [3.63, 3.8) is 0 Å². The van der Waals surface area contributed by atoms with Crippen molar-refractivity contribution >= 4 is 5.97 Å². The van der Waals surface area contributed by atoms with Crippen LogP contribution in [0.5, 0.6) is 0 Å². The molecule has 0 spiro atoms. The Hall–Kier alpha value is -2.21. The summed E-state index contributed by atoms with van der Waals surface area (Å²) in [5.74, 6) is -0.925. The number of nitrogens with zero attached hydrogens (tertiary/aromatic N) is 4. The van der Waals surface area contributed by atoms with E-state index in [2.05, 4.69) is 28.1 Å². The van der Waals surface area contributed by atoms with Gasteiger partial charge >= 0.3 is 5.97 Å². The van der Waals surface area contributed by atoms with E-state index in [0.29, 0.717) is 12.6 Å². The van der Waals surface area contributed by atoms with Crippen LogP contribution in [0.1, 0.15) is 46.3 Å². The number of aromatic carboxylic acids is 1. The molecule has 24 heavy (non-hydrogen) atoms. The minimum atomic E-state index is -0.925. The maximum absolute atomic E-state index is 11.5. The van der Waals surface area contributed by atoms with E-state index in [4.69, 9.17) is 0 Å². The Kier molecular flexibility index (Phi) is 4.66. The standard InChI is InChI=1S/C18H24N4O2/c1-4-22-16-6-5-14(10-15(16)17(20-22)18(23)24)21(3)11-13-7-8-19-12(2)9-13/h7-9,14H,4-6,10-11H2,1-3H3,(H,23,24). The molecule has 0 saturated carbocycles. The number of likely N-dealkylation sites (N-methyl/N-ethyl adjacent to an activating group) is 1. The lowest BCUT2D eigenvalue weighted by Crippen LogP contribution is -2.36. The summed E-state index contributed by atoms with van der Waals surface area (Å²) < 4.78 is 1.85. The van der Waals surface area contributed by atoms with Crippen molar-refractivity contribution in [3.8, 4) is 0 Å². The highest BCUT2D eigenvalue weighted by Gasteiger charge is 2.30. The molecule has 2 aromatic rings. The highest BCUT2D eigenvalue weighted by Crippen LogP contribution is 2.28. The van der Waals surface area contributed by atoms with Crippen molar-refractivity contribution in [2.75, 3.05) is 7.05 Å². The Morgan fingerprint density at radius 3 is 2.96 bits per heavy atom. The Morgan fingerprint density at radius 2 is 2.29 bits per heavy atom. The number of fused-ring (bicyclic) bond motifs is 1. The van der Waals surface area contributed by atoms with Gasteiger partial charge in [-0.25, -0.2) is 4.79 Å². The number of carboxylic acid groups (broad SMARTS) is 1. The second-order valence-electron chi connectivity index (χ2n) is 6.51. The zero-order valence-corrected chi connectivity index (χ0v) is 14.5. The van der Waals surface area contributed by atoms with E-state index in [-0.39, 0.29) is 5.69 Å². The molecule has 0 aromatic carbocycles. The van der Waals surface area contributed by atoms with E-state index < -0.39 is 5.97 Å². The topological polar surface area (TPSA) is 71.2 Å². The van der Waals surface area contributed by atoms with Crippen molar-refractivity contribution in [3.05, 3.63) is 46.5 Å². The Morgan fingerprint density at radius 1 is 1.50 bits per heavy atom. The molecule has 1 N–H and O–H groups in total. The van der Waals surface area contributed by atoms with Crippen LogP contribution in [-0.4, -0.2) is 43.8 Å². The first-order chi connectivity index (χ1) is 11.5. The zero-order chi connectivity index (χ0) is 17.3. The number of aromatic nitrogens is 3. The first-order valence-electron chi connectivity index (χ1n) is 8.43. The third-order valence-electron chi connectivity index (χ3n) is 4.84. The molecule has 0 radical (unpaired) electrons. The minimum Gasteiger partial charge on any atom is -0.476 e. The molecule has 128 valence electrons. The third-order valence-corrected chi connectivity index (χ3v) is 4.84. The van der Waals surface area contributed by atoms with Crippen LogP contribution in [0.2, 0.25) is 0 Å². The lowest BCUT2D eigenvalue weighted by Gasteiger charge is -2.31. The van der Waals surface area contributed by atoms with E-state index in [9.17, 15) is 9.90 Å². The van der Waals surface area contributed by atoms with Gasteiger partial charge in [0.15, 0.2) is 5.69 Å². The van der Waals surface area contributed by atoms with Crippen molar-refractivity contribution in [2.24, 2.45) is 0 Å². The second-order valence-corrected chi connectivity index (χ2v) is 6.51. The molecule has 6 nitrogen and oxygen atoms in total.